The van der Waals surface area contributed by atoms with E-state index < -0.39 is 0 Å². The summed E-state index contributed by atoms with van der Waals surface area (Å²) in [5, 5.41) is 4.14. The zero-order chi connectivity index (χ0) is 16.5. The smallest absolute Gasteiger partial charge is 0.262 e. The highest BCUT2D eigenvalue weighted by atomic mass is 32.1. The minimum atomic E-state index is 0.120. The van der Waals surface area contributed by atoms with Gasteiger partial charge in [0.1, 0.15) is 10.7 Å². The maximum atomic E-state index is 13.0. The minimum absolute atomic E-state index is 0.120. The number of rotatable bonds is 6. The lowest BCUT2D eigenvalue weighted by Gasteiger charge is -2.11. The van der Waals surface area contributed by atoms with Gasteiger partial charge in [0.05, 0.1) is 11.9 Å². The van der Waals surface area contributed by atoms with Gasteiger partial charge in [0.2, 0.25) is 0 Å². The second kappa shape index (κ2) is 6.49. The summed E-state index contributed by atoms with van der Waals surface area (Å²) in [7, 11) is 0. The molecule has 1 N–H and O–H groups in total. The first-order valence-electron chi connectivity index (χ1n) is 8.59. The van der Waals surface area contributed by atoms with Crippen molar-refractivity contribution in [3.63, 3.8) is 0 Å². The average Bonchev–Trinajstić information content (AvgIpc) is 3.34. The maximum Gasteiger partial charge on any atom is 0.262 e. The van der Waals surface area contributed by atoms with Crippen LogP contribution in [0.5, 0.6) is 0 Å². The van der Waals surface area contributed by atoms with Crippen LogP contribution in [0.3, 0.4) is 0 Å². The molecular formula is C19H21N3OS. The molecule has 0 atom stereocenters. The first kappa shape index (κ1) is 15.5. The van der Waals surface area contributed by atoms with Gasteiger partial charge in [0.25, 0.3) is 5.56 Å². The van der Waals surface area contributed by atoms with Crippen molar-refractivity contribution >= 4 is 21.6 Å². The van der Waals surface area contributed by atoms with Crippen molar-refractivity contribution in [2.75, 3.05) is 6.54 Å². The predicted molar refractivity (Wildman–Crippen MR) is 99.6 cm³/mol. The summed E-state index contributed by atoms with van der Waals surface area (Å²) in [6, 6.07) is 12.6. The van der Waals surface area contributed by atoms with E-state index in [0.29, 0.717) is 12.6 Å². The summed E-state index contributed by atoms with van der Waals surface area (Å²) >= 11 is 1.61. The Morgan fingerprint density at radius 3 is 2.79 bits per heavy atom. The highest BCUT2D eigenvalue weighted by Crippen LogP contribution is 2.36. The Hall–Kier alpha value is -1.98. The van der Waals surface area contributed by atoms with Gasteiger partial charge < -0.3 is 5.32 Å². The molecule has 4 rings (SSSR count). The number of aromatic nitrogens is 2. The van der Waals surface area contributed by atoms with Gasteiger partial charge in [-0.25, -0.2) is 4.98 Å². The van der Waals surface area contributed by atoms with Gasteiger partial charge in [-0.05, 0) is 37.4 Å². The Balaban J connectivity index is 1.81. The van der Waals surface area contributed by atoms with Gasteiger partial charge in [-0.1, -0.05) is 37.3 Å². The lowest BCUT2D eigenvalue weighted by atomic mass is 10.2. The van der Waals surface area contributed by atoms with E-state index in [2.05, 4.69) is 24.4 Å². The van der Waals surface area contributed by atoms with Crippen LogP contribution in [-0.4, -0.2) is 16.1 Å². The molecule has 5 heteroatoms. The molecule has 0 amide bonds. The Labute approximate surface area is 145 Å². The first-order chi connectivity index (χ1) is 11.8. The van der Waals surface area contributed by atoms with E-state index in [1.165, 1.54) is 0 Å². The molecular weight excluding hydrogens is 318 g/mol. The van der Waals surface area contributed by atoms with Gasteiger partial charge in [-0.2, -0.15) is 0 Å². The number of nitrogens with one attached hydrogen (secondary N) is 1. The molecule has 0 aliphatic heterocycles. The van der Waals surface area contributed by atoms with E-state index >= 15 is 0 Å². The lowest BCUT2D eigenvalue weighted by molar-refractivity contribution is 0.580. The van der Waals surface area contributed by atoms with Crippen LogP contribution >= 0.6 is 11.3 Å². The second-order valence-corrected chi connectivity index (χ2v) is 7.34. The number of thiophene rings is 1. The summed E-state index contributed by atoms with van der Waals surface area (Å²) in [6.07, 6.45) is 3.25. The van der Waals surface area contributed by atoms with Gasteiger partial charge >= 0.3 is 0 Å². The molecule has 1 aliphatic carbocycles. The quantitative estimate of drug-likeness (QED) is 0.692. The Morgan fingerprint density at radius 1 is 1.29 bits per heavy atom. The maximum absolute atomic E-state index is 13.0. The molecule has 0 bridgehead atoms. The molecule has 2 aromatic heterocycles. The molecule has 1 saturated carbocycles. The van der Waals surface area contributed by atoms with Crippen molar-refractivity contribution < 1.29 is 0 Å². The number of fused-ring (bicyclic) bond motifs is 1. The topological polar surface area (TPSA) is 46.9 Å². The fraction of sp³-hybridized carbons (Fsp3) is 0.368. The largest absolute Gasteiger partial charge is 0.310 e. The van der Waals surface area contributed by atoms with Crippen LogP contribution in [0.1, 0.15) is 38.1 Å². The van der Waals surface area contributed by atoms with E-state index in [4.69, 9.17) is 4.98 Å². The molecule has 2 heterocycles. The normalized spacial score (nSPS) is 14.4. The van der Waals surface area contributed by atoms with E-state index in [1.54, 1.807) is 11.3 Å². The fourth-order valence-electron chi connectivity index (χ4n) is 2.99. The van der Waals surface area contributed by atoms with Crippen LogP contribution < -0.4 is 10.9 Å². The van der Waals surface area contributed by atoms with Crippen LogP contribution in [0.4, 0.5) is 0 Å². The summed E-state index contributed by atoms with van der Waals surface area (Å²) in [6.45, 7) is 3.75. The summed E-state index contributed by atoms with van der Waals surface area (Å²) < 4.78 is 1.92. The summed E-state index contributed by atoms with van der Waals surface area (Å²) in [5.41, 5.74) is 1.26. The molecule has 4 nitrogen and oxygen atoms in total. The SMILES string of the molecule is CCCNCc1nc2sc(-c3ccccc3)cc2c(=O)n1C1CC1. The Kier molecular flexibility index (Phi) is 4.21. The van der Waals surface area contributed by atoms with Crippen molar-refractivity contribution in [2.45, 2.75) is 38.8 Å². The Bertz CT molecular complexity index is 910. The third kappa shape index (κ3) is 2.89. The van der Waals surface area contributed by atoms with E-state index in [0.717, 1.165) is 52.3 Å². The molecule has 0 radical (unpaired) electrons. The highest BCUT2D eigenvalue weighted by Gasteiger charge is 2.28. The van der Waals surface area contributed by atoms with Crippen molar-refractivity contribution in [3.8, 4) is 10.4 Å². The molecule has 1 aromatic carbocycles. The van der Waals surface area contributed by atoms with Gasteiger partial charge in [-0.15, -0.1) is 11.3 Å². The molecule has 24 heavy (non-hydrogen) atoms. The van der Waals surface area contributed by atoms with Gasteiger partial charge in [-0.3, -0.25) is 9.36 Å². The third-order valence-corrected chi connectivity index (χ3v) is 5.43. The minimum Gasteiger partial charge on any atom is -0.310 e. The molecule has 124 valence electrons. The third-order valence-electron chi connectivity index (χ3n) is 4.35. The molecule has 0 saturated heterocycles. The molecule has 0 spiro atoms. The number of hydrogen-bond acceptors (Lipinski definition) is 4. The summed E-state index contributed by atoms with van der Waals surface area (Å²) in [4.78, 5) is 19.8. The lowest BCUT2D eigenvalue weighted by Crippen LogP contribution is -2.27. The van der Waals surface area contributed by atoms with Crippen molar-refractivity contribution in [1.29, 1.82) is 0 Å². The standard InChI is InChI=1S/C19H21N3OS/c1-2-10-20-12-17-21-18-15(19(23)22(17)14-8-9-14)11-16(24-18)13-6-4-3-5-7-13/h3-7,11,14,20H,2,8-10,12H2,1H3. The van der Waals surface area contributed by atoms with E-state index in [1.807, 2.05) is 28.8 Å². The van der Waals surface area contributed by atoms with Crippen LogP contribution in [0.25, 0.3) is 20.7 Å². The zero-order valence-electron chi connectivity index (χ0n) is 13.8. The zero-order valence-corrected chi connectivity index (χ0v) is 14.6. The van der Waals surface area contributed by atoms with Crippen molar-refractivity contribution in [1.82, 2.24) is 14.9 Å². The van der Waals surface area contributed by atoms with E-state index in [9.17, 15) is 4.79 Å². The van der Waals surface area contributed by atoms with Gasteiger partial charge in [0, 0.05) is 10.9 Å². The van der Waals surface area contributed by atoms with Crippen LogP contribution in [-0.2, 0) is 6.54 Å². The molecule has 0 unspecified atom stereocenters. The molecule has 1 fully saturated rings. The number of benzene rings is 1. The van der Waals surface area contributed by atoms with Gasteiger partial charge in [0.15, 0.2) is 0 Å². The van der Waals surface area contributed by atoms with Crippen LogP contribution in [0.2, 0.25) is 0 Å². The average molecular weight is 339 g/mol. The predicted octanol–water partition coefficient (Wildman–Crippen LogP) is 3.96. The monoisotopic (exact) mass is 339 g/mol. The van der Waals surface area contributed by atoms with Crippen LogP contribution in [0, 0.1) is 0 Å². The van der Waals surface area contributed by atoms with E-state index in [-0.39, 0.29) is 5.56 Å². The number of hydrogen-bond donors (Lipinski definition) is 1. The summed E-state index contributed by atoms with van der Waals surface area (Å²) in [5.74, 6) is 0.880. The first-order valence-corrected chi connectivity index (χ1v) is 9.40. The highest BCUT2D eigenvalue weighted by molar-refractivity contribution is 7.21. The fourth-order valence-corrected chi connectivity index (χ4v) is 4.04. The van der Waals surface area contributed by atoms with Crippen molar-refractivity contribution in [2.24, 2.45) is 0 Å². The molecule has 3 aromatic rings. The van der Waals surface area contributed by atoms with Crippen molar-refractivity contribution in [3.05, 3.63) is 52.6 Å². The number of nitrogens with zero attached hydrogens (tertiary/aromatic N) is 2. The second-order valence-electron chi connectivity index (χ2n) is 6.31. The Morgan fingerprint density at radius 2 is 2.08 bits per heavy atom. The molecule has 1 aliphatic rings. The van der Waals surface area contributed by atoms with Crippen LogP contribution in [0.15, 0.2) is 41.2 Å².